The number of thiophene rings is 1. The third kappa shape index (κ3) is 11.9. The number of rotatable bonds is 13. The number of alkyl carbamates (subject to hydrolysis) is 2. The van der Waals surface area contributed by atoms with Crippen LogP contribution >= 0.6 is 11.3 Å². The van der Waals surface area contributed by atoms with Gasteiger partial charge < -0.3 is 30.7 Å². The Balaban J connectivity index is 1.61. The van der Waals surface area contributed by atoms with Crippen LogP contribution in [0, 0.1) is 0 Å². The standard InChI is InChI=1S/C31H40N4O5S/c1-31(2,3)40-30(38)34-27(13-7-8-18-33-29(37)39-22-24-10-5-4-6-11-24)28(36)35(21-26-12-9-19-41-26)20-23-14-16-25(32)17-15-23/h4-6,9-12,14-17,19,27H,7-8,13,18,20-22,32H2,1-3H3,(H,33,37)(H,34,38). The Bertz CT molecular complexity index is 1230. The van der Waals surface area contributed by atoms with E-state index in [-0.39, 0.29) is 12.5 Å². The fraction of sp³-hybridized carbons (Fsp3) is 0.387. The maximum absolute atomic E-state index is 13.9. The summed E-state index contributed by atoms with van der Waals surface area (Å²) in [6.07, 6.45) is 0.408. The Morgan fingerprint density at radius 3 is 2.29 bits per heavy atom. The van der Waals surface area contributed by atoms with Crippen LogP contribution in [0.1, 0.15) is 56.0 Å². The van der Waals surface area contributed by atoms with E-state index in [0.717, 1.165) is 16.0 Å². The Kier molecular flexibility index (Phi) is 12.0. The molecule has 0 fully saturated rings. The van der Waals surface area contributed by atoms with Gasteiger partial charge in [0.15, 0.2) is 0 Å². The van der Waals surface area contributed by atoms with Gasteiger partial charge in [-0.2, -0.15) is 0 Å². The van der Waals surface area contributed by atoms with E-state index in [0.29, 0.717) is 44.6 Å². The highest BCUT2D eigenvalue weighted by molar-refractivity contribution is 7.09. The number of amides is 3. The molecule has 1 unspecified atom stereocenters. The van der Waals surface area contributed by atoms with E-state index < -0.39 is 23.8 Å². The molecule has 0 saturated carbocycles. The number of benzene rings is 2. The molecular formula is C31H40N4O5S. The van der Waals surface area contributed by atoms with Gasteiger partial charge in [0, 0.05) is 23.7 Å². The van der Waals surface area contributed by atoms with Crippen molar-refractivity contribution in [1.82, 2.24) is 15.5 Å². The first-order chi connectivity index (χ1) is 19.6. The smallest absolute Gasteiger partial charge is 0.408 e. The summed E-state index contributed by atoms with van der Waals surface area (Å²) in [5.74, 6) is -0.212. The fourth-order valence-electron chi connectivity index (χ4n) is 4.01. The minimum atomic E-state index is -0.802. The van der Waals surface area contributed by atoms with Crippen molar-refractivity contribution in [2.45, 2.75) is 71.4 Å². The molecule has 4 N–H and O–H groups in total. The SMILES string of the molecule is CC(C)(C)OC(=O)NC(CCCCNC(=O)OCc1ccccc1)C(=O)N(Cc1ccc(N)cc1)Cc1cccs1. The van der Waals surface area contributed by atoms with Gasteiger partial charge in [0.2, 0.25) is 5.91 Å². The molecule has 2 aromatic carbocycles. The van der Waals surface area contributed by atoms with Crippen molar-refractivity contribution in [3.05, 3.63) is 88.1 Å². The van der Waals surface area contributed by atoms with E-state index in [2.05, 4.69) is 10.6 Å². The Labute approximate surface area is 246 Å². The number of nitrogens with zero attached hydrogens (tertiary/aromatic N) is 1. The van der Waals surface area contributed by atoms with Gasteiger partial charge >= 0.3 is 12.2 Å². The summed E-state index contributed by atoms with van der Waals surface area (Å²) in [5.41, 5.74) is 7.62. The first-order valence-corrected chi connectivity index (χ1v) is 14.6. The number of unbranched alkanes of at least 4 members (excludes halogenated alkanes) is 1. The molecule has 1 atom stereocenters. The lowest BCUT2D eigenvalue weighted by Crippen LogP contribution is -2.49. The molecule has 9 nitrogen and oxygen atoms in total. The zero-order chi connectivity index (χ0) is 29.7. The Hall–Kier alpha value is -4.05. The number of anilines is 1. The summed E-state index contributed by atoms with van der Waals surface area (Å²) in [6.45, 7) is 6.66. The molecule has 0 spiro atoms. The van der Waals surface area contributed by atoms with Crippen LogP contribution in [-0.2, 0) is 34.0 Å². The summed E-state index contributed by atoms with van der Waals surface area (Å²) >= 11 is 1.57. The Morgan fingerprint density at radius 2 is 1.63 bits per heavy atom. The van der Waals surface area contributed by atoms with E-state index in [1.807, 2.05) is 60.0 Å². The molecule has 1 aromatic heterocycles. The lowest BCUT2D eigenvalue weighted by atomic mass is 10.1. The van der Waals surface area contributed by atoms with Crippen molar-refractivity contribution in [2.75, 3.05) is 12.3 Å². The average Bonchev–Trinajstić information content (AvgIpc) is 3.44. The van der Waals surface area contributed by atoms with Crippen LogP contribution in [0.5, 0.6) is 0 Å². The minimum absolute atomic E-state index is 0.192. The molecule has 0 bridgehead atoms. The van der Waals surface area contributed by atoms with Gasteiger partial charge in [-0.15, -0.1) is 11.3 Å². The molecule has 0 radical (unpaired) electrons. The first-order valence-electron chi connectivity index (χ1n) is 13.7. The lowest BCUT2D eigenvalue weighted by molar-refractivity contribution is -0.135. The second-order valence-electron chi connectivity index (χ2n) is 10.7. The third-order valence-electron chi connectivity index (χ3n) is 5.98. The highest BCUT2D eigenvalue weighted by Crippen LogP contribution is 2.18. The van der Waals surface area contributed by atoms with Crippen LogP contribution in [0.25, 0.3) is 0 Å². The summed E-state index contributed by atoms with van der Waals surface area (Å²) in [5, 5.41) is 7.49. The molecule has 0 aliphatic carbocycles. The van der Waals surface area contributed by atoms with Crippen LogP contribution < -0.4 is 16.4 Å². The number of hydrogen-bond donors (Lipinski definition) is 3. The van der Waals surface area contributed by atoms with E-state index in [1.54, 1.807) is 49.1 Å². The molecule has 0 saturated heterocycles. The van der Waals surface area contributed by atoms with Crippen LogP contribution in [0.2, 0.25) is 0 Å². The molecular weight excluding hydrogens is 540 g/mol. The summed E-state index contributed by atoms with van der Waals surface area (Å²) < 4.78 is 10.7. The maximum Gasteiger partial charge on any atom is 0.408 e. The molecule has 1 heterocycles. The van der Waals surface area contributed by atoms with Crippen LogP contribution in [-0.4, -0.2) is 41.2 Å². The second kappa shape index (κ2) is 15.7. The summed E-state index contributed by atoms with van der Waals surface area (Å²) in [4.78, 5) is 41.4. The molecule has 0 aliphatic rings. The van der Waals surface area contributed by atoms with E-state index >= 15 is 0 Å². The van der Waals surface area contributed by atoms with E-state index in [4.69, 9.17) is 15.2 Å². The number of nitrogen functional groups attached to an aromatic ring is 1. The van der Waals surface area contributed by atoms with Gasteiger partial charge in [0.1, 0.15) is 18.2 Å². The maximum atomic E-state index is 13.9. The highest BCUT2D eigenvalue weighted by atomic mass is 32.1. The predicted molar refractivity (Wildman–Crippen MR) is 161 cm³/mol. The van der Waals surface area contributed by atoms with Gasteiger partial charge in [-0.05, 0) is 74.7 Å². The number of carbonyl (C=O) groups excluding carboxylic acids is 3. The molecule has 41 heavy (non-hydrogen) atoms. The van der Waals surface area contributed by atoms with Crippen molar-refractivity contribution in [2.24, 2.45) is 0 Å². The number of nitrogens with one attached hydrogen (secondary N) is 2. The molecule has 3 aromatic rings. The molecule has 3 amide bonds. The van der Waals surface area contributed by atoms with Crippen molar-refractivity contribution in [3.63, 3.8) is 0 Å². The monoisotopic (exact) mass is 580 g/mol. The van der Waals surface area contributed by atoms with Gasteiger partial charge in [0.25, 0.3) is 0 Å². The van der Waals surface area contributed by atoms with Gasteiger partial charge in [-0.25, -0.2) is 9.59 Å². The average molecular weight is 581 g/mol. The fourth-order valence-corrected chi connectivity index (χ4v) is 4.73. The normalized spacial score (nSPS) is 11.8. The van der Waals surface area contributed by atoms with Crippen LogP contribution in [0.4, 0.5) is 15.3 Å². The van der Waals surface area contributed by atoms with Gasteiger partial charge in [0.05, 0.1) is 6.54 Å². The number of ether oxygens (including phenoxy) is 2. The van der Waals surface area contributed by atoms with E-state index in [9.17, 15) is 14.4 Å². The summed E-state index contributed by atoms with van der Waals surface area (Å²) in [7, 11) is 0. The van der Waals surface area contributed by atoms with Gasteiger partial charge in [-0.3, -0.25) is 4.79 Å². The number of hydrogen-bond acceptors (Lipinski definition) is 7. The topological polar surface area (TPSA) is 123 Å². The van der Waals surface area contributed by atoms with Crippen molar-refractivity contribution in [3.8, 4) is 0 Å². The zero-order valence-corrected chi connectivity index (χ0v) is 24.7. The van der Waals surface area contributed by atoms with Crippen LogP contribution in [0.15, 0.2) is 72.1 Å². The molecule has 0 aliphatic heterocycles. The quantitative estimate of drug-likeness (QED) is 0.172. The second-order valence-corrected chi connectivity index (χ2v) is 11.7. The predicted octanol–water partition coefficient (Wildman–Crippen LogP) is 5.85. The molecule has 3 rings (SSSR count). The number of carbonyl (C=O) groups is 3. The Morgan fingerprint density at radius 1 is 0.902 bits per heavy atom. The lowest BCUT2D eigenvalue weighted by Gasteiger charge is -2.29. The van der Waals surface area contributed by atoms with Crippen molar-refractivity contribution in [1.29, 1.82) is 0 Å². The zero-order valence-electron chi connectivity index (χ0n) is 23.9. The largest absolute Gasteiger partial charge is 0.445 e. The molecule has 220 valence electrons. The highest BCUT2D eigenvalue weighted by Gasteiger charge is 2.28. The van der Waals surface area contributed by atoms with Gasteiger partial charge in [-0.1, -0.05) is 48.5 Å². The van der Waals surface area contributed by atoms with Crippen molar-refractivity contribution < 1.29 is 23.9 Å². The third-order valence-corrected chi connectivity index (χ3v) is 6.84. The minimum Gasteiger partial charge on any atom is -0.445 e. The van der Waals surface area contributed by atoms with Crippen LogP contribution in [0.3, 0.4) is 0 Å². The number of nitrogens with two attached hydrogens (primary N) is 1. The summed E-state index contributed by atoms with van der Waals surface area (Å²) in [6, 6.07) is 20.0. The van der Waals surface area contributed by atoms with E-state index in [1.165, 1.54) is 0 Å². The molecule has 10 heteroatoms. The first kappa shape index (κ1) is 31.5. The van der Waals surface area contributed by atoms with Crippen molar-refractivity contribution >= 4 is 35.1 Å².